The molecule has 0 radical (unpaired) electrons. The first kappa shape index (κ1) is 7.61. The highest BCUT2D eigenvalue weighted by Crippen LogP contribution is 2.21. The van der Waals surface area contributed by atoms with E-state index in [0.29, 0.717) is 5.25 Å². The van der Waals surface area contributed by atoms with E-state index in [-0.39, 0.29) is 0 Å². The van der Waals surface area contributed by atoms with Crippen LogP contribution < -0.4 is 0 Å². The van der Waals surface area contributed by atoms with E-state index in [1.165, 1.54) is 5.56 Å². The van der Waals surface area contributed by atoms with E-state index in [0.717, 1.165) is 6.42 Å². The van der Waals surface area contributed by atoms with Gasteiger partial charge in [-0.2, -0.15) is 12.6 Å². The zero-order valence-electron chi connectivity index (χ0n) is 5.99. The molecule has 2 heteroatoms. The van der Waals surface area contributed by atoms with Crippen LogP contribution in [0.4, 0.5) is 0 Å². The topological polar surface area (TPSA) is 12.9 Å². The largest absolute Gasteiger partial charge is 0.264 e. The first-order chi connectivity index (χ1) is 4.84. The molecule has 1 unspecified atom stereocenters. The van der Waals surface area contributed by atoms with Crippen molar-refractivity contribution in [1.29, 1.82) is 0 Å². The minimum Gasteiger partial charge on any atom is -0.264 e. The standard InChI is InChI=1S/C8H11NS/c1-2-8(10)7-4-3-5-9-6-7/h3-6,8,10H,2H2,1H3. The lowest BCUT2D eigenvalue weighted by Crippen LogP contribution is -1.87. The van der Waals surface area contributed by atoms with Crippen molar-refractivity contribution in [3.8, 4) is 0 Å². The minimum absolute atomic E-state index is 0.341. The Labute approximate surface area is 66.9 Å². The van der Waals surface area contributed by atoms with E-state index in [1.54, 1.807) is 6.20 Å². The van der Waals surface area contributed by atoms with Gasteiger partial charge < -0.3 is 0 Å². The average Bonchev–Trinajstić information content (AvgIpc) is 2.05. The number of aromatic nitrogens is 1. The molecule has 0 aliphatic rings. The maximum Gasteiger partial charge on any atom is 0.0311 e. The summed E-state index contributed by atoms with van der Waals surface area (Å²) in [5.74, 6) is 0. The SMILES string of the molecule is CCC(S)c1cccnc1. The smallest absolute Gasteiger partial charge is 0.0311 e. The van der Waals surface area contributed by atoms with Crippen LogP contribution in [0.1, 0.15) is 24.2 Å². The van der Waals surface area contributed by atoms with Gasteiger partial charge >= 0.3 is 0 Å². The van der Waals surface area contributed by atoms with Crippen molar-refractivity contribution in [2.24, 2.45) is 0 Å². The molecule has 1 aromatic heterocycles. The number of nitrogens with zero attached hydrogens (tertiary/aromatic N) is 1. The summed E-state index contributed by atoms with van der Waals surface area (Å²) < 4.78 is 0. The Kier molecular flexibility index (Phi) is 2.75. The van der Waals surface area contributed by atoms with Crippen LogP contribution in [0.5, 0.6) is 0 Å². The number of hydrogen-bond acceptors (Lipinski definition) is 2. The van der Waals surface area contributed by atoms with Crippen molar-refractivity contribution in [1.82, 2.24) is 4.98 Å². The summed E-state index contributed by atoms with van der Waals surface area (Å²) in [4.78, 5) is 4.00. The highest BCUT2D eigenvalue weighted by atomic mass is 32.1. The van der Waals surface area contributed by atoms with Crippen molar-refractivity contribution < 1.29 is 0 Å². The number of thiol groups is 1. The molecule has 0 saturated heterocycles. The predicted molar refractivity (Wildman–Crippen MR) is 46.3 cm³/mol. The molecule has 0 bridgehead atoms. The first-order valence-electron chi connectivity index (χ1n) is 3.42. The Bertz CT molecular complexity index is 186. The Balaban J connectivity index is 2.75. The van der Waals surface area contributed by atoms with Gasteiger partial charge in [0.2, 0.25) is 0 Å². The molecule has 0 N–H and O–H groups in total. The zero-order chi connectivity index (χ0) is 7.40. The Morgan fingerprint density at radius 3 is 3.00 bits per heavy atom. The van der Waals surface area contributed by atoms with Crippen LogP contribution in [0.2, 0.25) is 0 Å². The molecule has 1 rings (SSSR count). The van der Waals surface area contributed by atoms with Crippen molar-refractivity contribution in [3.05, 3.63) is 30.1 Å². The fourth-order valence-electron chi connectivity index (χ4n) is 0.809. The summed E-state index contributed by atoms with van der Waals surface area (Å²) in [6.07, 6.45) is 4.69. The molecule has 1 atom stereocenters. The molecule has 1 nitrogen and oxygen atoms in total. The van der Waals surface area contributed by atoms with Gasteiger partial charge in [-0.25, -0.2) is 0 Å². The van der Waals surface area contributed by atoms with Crippen LogP contribution in [-0.2, 0) is 0 Å². The second-order valence-corrected chi connectivity index (χ2v) is 2.83. The predicted octanol–water partition coefficient (Wildman–Crippen LogP) is 2.46. The molecular formula is C8H11NS. The quantitative estimate of drug-likeness (QED) is 0.644. The average molecular weight is 153 g/mol. The molecule has 1 aromatic rings. The molecule has 0 amide bonds. The Morgan fingerprint density at radius 2 is 2.50 bits per heavy atom. The number of hydrogen-bond donors (Lipinski definition) is 1. The molecular weight excluding hydrogens is 142 g/mol. The van der Waals surface area contributed by atoms with Gasteiger partial charge in [0.25, 0.3) is 0 Å². The van der Waals surface area contributed by atoms with Crippen molar-refractivity contribution in [2.75, 3.05) is 0 Å². The van der Waals surface area contributed by atoms with E-state index in [1.807, 2.05) is 18.3 Å². The summed E-state index contributed by atoms with van der Waals surface area (Å²) in [7, 11) is 0. The van der Waals surface area contributed by atoms with Crippen molar-refractivity contribution >= 4 is 12.6 Å². The molecule has 0 fully saturated rings. The van der Waals surface area contributed by atoms with E-state index in [4.69, 9.17) is 0 Å². The lowest BCUT2D eigenvalue weighted by molar-refractivity contribution is 0.895. The maximum atomic E-state index is 4.38. The summed E-state index contributed by atoms with van der Waals surface area (Å²) >= 11 is 4.38. The molecule has 0 aliphatic carbocycles. The van der Waals surface area contributed by atoms with Crippen LogP contribution >= 0.6 is 12.6 Å². The third-order valence-electron chi connectivity index (χ3n) is 1.46. The van der Waals surface area contributed by atoms with Gasteiger partial charge in [-0.15, -0.1) is 0 Å². The monoisotopic (exact) mass is 153 g/mol. The van der Waals surface area contributed by atoms with E-state index in [9.17, 15) is 0 Å². The van der Waals surface area contributed by atoms with Gasteiger partial charge in [0.1, 0.15) is 0 Å². The van der Waals surface area contributed by atoms with Gasteiger partial charge in [-0.1, -0.05) is 13.0 Å². The normalized spacial score (nSPS) is 13.0. The van der Waals surface area contributed by atoms with E-state index in [2.05, 4.69) is 24.5 Å². The van der Waals surface area contributed by atoms with E-state index < -0.39 is 0 Å². The fraction of sp³-hybridized carbons (Fsp3) is 0.375. The summed E-state index contributed by atoms with van der Waals surface area (Å²) in [6, 6.07) is 3.99. The summed E-state index contributed by atoms with van der Waals surface area (Å²) in [6.45, 7) is 2.12. The van der Waals surface area contributed by atoms with Crippen LogP contribution in [0.3, 0.4) is 0 Å². The van der Waals surface area contributed by atoms with Gasteiger partial charge in [-0.3, -0.25) is 4.98 Å². The van der Waals surface area contributed by atoms with Crippen LogP contribution in [0.25, 0.3) is 0 Å². The van der Waals surface area contributed by atoms with Crippen molar-refractivity contribution in [3.63, 3.8) is 0 Å². The Morgan fingerprint density at radius 1 is 1.70 bits per heavy atom. The van der Waals surface area contributed by atoms with Crippen LogP contribution in [0.15, 0.2) is 24.5 Å². The molecule has 10 heavy (non-hydrogen) atoms. The second-order valence-electron chi connectivity index (χ2n) is 2.21. The summed E-state index contributed by atoms with van der Waals surface area (Å²) in [5.41, 5.74) is 1.20. The number of rotatable bonds is 2. The molecule has 0 saturated carbocycles. The van der Waals surface area contributed by atoms with Crippen LogP contribution in [0, 0.1) is 0 Å². The van der Waals surface area contributed by atoms with Gasteiger partial charge in [0.15, 0.2) is 0 Å². The fourth-order valence-corrected chi connectivity index (χ4v) is 0.962. The van der Waals surface area contributed by atoms with Gasteiger partial charge in [0.05, 0.1) is 0 Å². The highest BCUT2D eigenvalue weighted by molar-refractivity contribution is 7.80. The van der Waals surface area contributed by atoms with Crippen molar-refractivity contribution in [2.45, 2.75) is 18.6 Å². The summed E-state index contributed by atoms with van der Waals surface area (Å²) in [5, 5.41) is 0.341. The second kappa shape index (κ2) is 3.62. The Hall–Kier alpha value is -0.500. The zero-order valence-corrected chi connectivity index (χ0v) is 6.88. The van der Waals surface area contributed by atoms with Crippen LogP contribution in [-0.4, -0.2) is 4.98 Å². The maximum absolute atomic E-state index is 4.38. The van der Waals surface area contributed by atoms with Gasteiger partial charge in [-0.05, 0) is 18.1 Å². The highest BCUT2D eigenvalue weighted by Gasteiger charge is 2.00. The minimum atomic E-state index is 0.341. The molecule has 0 spiro atoms. The first-order valence-corrected chi connectivity index (χ1v) is 3.94. The molecule has 0 aromatic carbocycles. The molecule has 54 valence electrons. The number of pyridine rings is 1. The lowest BCUT2D eigenvalue weighted by atomic mass is 10.2. The third-order valence-corrected chi connectivity index (χ3v) is 2.12. The van der Waals surface area contributed by atoms with E-state index >= 15 is 0 Å². The molecule has 1 heterocycles. The lowest BCUT2D eigenvalue weighted by Gasteiger charge is -2.05. The molecule has 0 aliphatic heterocycles. The van der Waals surface area contributed by atoms with Gasteiger partial charge in [0, 0.05) is 17.6 Å². The third kappa shape index (κ3) is 1.74.